The highest BCUT2D eigenvalue weighted by molar-refractivity contribution is 6.11. The second kappa shape index (κ2) is 5.00. The zero-order valence-electron chi connectivity index (χ0n) is 12.4. The maximum atomic E-state index is 12.7. The molecular formula is C17H20N2O. The highest BCUT2D eigenvalue weighted by atomic mass is 16.1. The van der Waals surface area contributed by atoms with Crippen molar-refractivity contribution >= 4 is 17.2 Å². The number of ketones is 1. The smallest absolute Gasteiger partial charge is 0.193 e. The van der Waals surface area contributed by atoms with E-state index in [4.69, 9.17) is 11.5 Å². The van der Waals surface area contributed by atoms with E-state index in [0.29, 0.717) is 11.3 Å². The Hall–Kier alpha value is -2.29. The van der Waals surface area contributed by atoms with Gasteiger partial charge in [0.2, 0.25) is 0 Å². The van der Waals surface area contributed by atoms with E-state index in [1.54, 1.807) is 24.3 Å². The van der Waals surface area contributed by atoms with Crippen molar-refractivity contribution in [2.24, 2.45) is 0 Å². The van der Waals surface area contributed by atoms with Crippen LogP contribution >= 0.6 is 0 Å². The fourth-order valence-corrected chi connectivity index (χ4v) is 2.46. The summed E-state index contributed by atoms with van der Waals surface area (Å²) in [7, 11) is 0. The van der Waals surface area contributed by atoms with E-state index in [0.717, 1.165) is 33.5 Å². The number of hydrogen-bond donors (Lipinski definition) is 2. The zero-order valence-corrected chi connectivity index (χ0v) is 12.4. The van der Waals surface area contributed by atoms with Crippen LogP contribution in [-0.4, -0.2) is 5.78 Å². The monoisotopic (exact) mass is 268 g/mol. The van der Waals surface area contributed by atoms with E-state index in [1.165, 1.54) is 0 Å². The first kappa shape index (κ1) is 14.1. The fourth-order valence-electron chi connectivity index (χ4n) is 2.46. The standard InChI is InChI=1S/C17H20N2O/c1-9-11(3)16(19)12(4)10(2)15(9)17(20)13-5-7-14(18)8-6-13/h5-8H,18-19H2,1-4H3. The average molecular weight is 268 g/mol. The molecule has 2 rings (SSSR count). The van der Waals surface area contributed by atoms with Gasteiger partial charge in [-0.25, -0.2) is 0 Å². The van der Waals surface area contributed by atoms with Gasteiger partial charge in [-0.2, -0.15) is 0 Å². The number of carbonyl (C=O) groups excluding carboxylic acids is 1. The van der Waals surface area contributed by atoms with Crippen molar-refractivity contribution in [3.63, 3.8) is 0 Å². The summed E-state index contributed by atoms with van der Waals surface area (Å²) in [6.45, 7) is 7.80. The molecule has 0 aliphatic carbocycles. The van der Waals surface area contributed by atoms with Crippen molar-refractivity contribution in [2.75, 3.05) is 11.5 Å². The lowest BCUT2D eigenvalue weighted by Gasteiger charge is -2.17. The number of hydrogen-bond acceptors (Lipinski definition) is 3. The first-order valence-electron chi connectivity index (χ1n) is 6.60. The summed E-state index contributed by atoms with van der Waals surface area (Å²) in [4.78, 5) is 12.7. The number of nitrogen functional groups attached to an aromatic ring is 2. The molecule has 0 saturated carbocycles. The predicted octanol–water partition coefficient (Wildman–Crippen LogP) is 3.32. The first-order valence-corrected chi connectivity index (χ1v) is 6.60. The van der Waals surface area contributed by atoms with Crippen LogP contribution in [-0.2, 0) is 0 Å². The molecule has 0 fully saturated rings. The van der Waals surface area contributed by atoms with Gasteiger partial charge in [-0.05, 0) is 74.2 Å². The van der Waals surface area contributed by atoms with Crippen LogP contribution in [0.2, 0.25) is 0 Å². The molecule has 0 radical (unpaired) electrons. The van der Waals surface area contributed by atoms with Crippen molar-refractivity contribution in [3.8, 4) is 0 Å². The summed E-state index contributed by atoms with van der Waals surface area (Å²) in [5.74, 6) is 0.0196. The van der Waals surface area contributed by atoms with Crippen LogP contribution in [0.3, 0.4) is 0 Å². The highest BCUT2D eigenvalue weighted by Crippen LogP contribution is 2.30. The van der Waals surface area contributed by atoms with Gasteiger partial charge in [0.05, 0.1) is 0 Å². The lowest BCUT2D eigenvalue weighted by molar-refractivity contribution is 0.103. The topological polar surface area (TPSA) is 69.1 Å². The van der Waals surface area contributed by atoms with E-state index in [1.807, 2.05) is 27.7 Å². The molecule has 20 heavy (non-hydrogen) atoms. The summed E-state index contributed by atoms with van der Waals surface area (Å²) in [5, 5.41) is 0. The highest BCUT2D eigenvalue weighted by Gasteiger charge is 2.19. The molecule has 3 heteroatoms. The SMILES string of the molecule is Cc1c(C)c(C(=O)c2ccc(N)cc2)c(C)c(C)c1N. The van der Waals surface area contributed by atoms with Gasteiger partial charge in [0, 0.05) is 22.5 Å². The Balaban J connectivity index is 2.64. The third-order valence-electron chi connectivity index (χ3n) is 4.08. The van der Waals surface area contributed by atoms with Crippen LogP contribution in [0.1, 0.15) is 38.2 Å². The van der Waals surface area contributed by atoms with Crippen LogP contribution in [0, 0.1) is 27.7 Å². The molecular weight excluding hydrogens is 248 g/mol. The summed E-state index contributed by atoms with van der Waals surface area (Å²) < 4.78 is 0. The molecule has 0 aliphatic heterocycles. The Kier molecular flexibility index (Phi) is 3.53. The van der Waals surface area contributed by atoms with Crippen molar-refractivity contribution in [1.82, 2.24) is 0 Å². The molecule has 0 aromatic heterocycles. The Morgan fingerprint density at radius 2 is 1.25 bits per heavy atom. The molecule has 0 bridgehead atoms. The van der Waals surface area contributed by atoms with E-state index in [9.17, 15) is 4.79 Å². The van der Waals surface area contributed by atoms with Crippen molar-refractivity contribution in [1.29, 1.82) is 0 Å². The van der Waals surface area contributed by atoms with Crippen molar-refractivity contribution in [2.45, 2.75) is 27.7 Å². The molecule has 0 heterocycles. The van der Waals surface area contributed by atoms with Gasteiger partial charge in [-0.15, -0.1) is 0 Å². The van der Waals surface area contributed by atoms with E-state index >= 15 is 0 Å². The number of benzene rings is 2. The Labute approximate surface area is 119 Å². The van der Waals surface area contributed by atoms with Crippen molar-refractivity contribution in [3.05, 3.63) is 57.6 Å². The minimum Gasteiger partial charge on any atom is -0.399 e. The Morgan fingerprint density at radius 3 is 1.70 bits per heavy atom. The Bertz CT molecular complexity index is 656. The third-order valence-corrected chi connectivity index (χ3v) is 4.08. The normalized spacial score (nSPS) is 10.6. The van der Waals surface area contributed by atoms with Gasteiger partial charge in [0.25, 0.3) is 0 Å². The van der Waals surface area contributed by atoms with E-state index in [-0.39, 0.29) is 5.78 Å². The van der Waals surface area contributed by atoms with Crippen LogP contribution in [0.5, 0.6) is 0 Å². The van der Waals surface area contributed by atoms with Gasteiger partial charge in [-0.1, -0.05) is 0 Å². The summed E-state index contributed by atoms with van der Waals surface area (Å²) in [6.07, 6.45) is 0. The summed E-state index contributed by atoms with van der Waals surface area (Å²) in [6, 6.07) is 7.01. The van der Waals surface area contributed by atoms with Gasteiger partial charge in [0.1, 0.15) is 0 Å². The lowest BCUT2D eigenvalue weighted by Crippen LogP contribution is -2.11. The molecule has 0 spiro atoms. The lowest BCUT2D eigenvalue weighted by atomic mass is 9.88. The van der Waals surface area contributed by atoms with E-state index in [2.05, 4.69) is 0 Å². The number of rotatable bonds is 2. The molecule has 104 valence electrons. The van der Waals surface area contributed by atoms with Gasteiger partial charge in [-0.3, -0.25) is 4.79 Å². The van der Waals surface area contributed by atoms with Gasteiger partial charge < -0.3 is 11.5 Å². The second-order valence-electron chi connectivity index (χ2n) is 5.24. The molecule has 0 unspecified atom stereocenters. The molecule has 4 N–H and O–H groups in total. The summed E-state index contributed by atoms with van der Waals surface area (Å²) in [5.41, 5.74) is 18.4. The zero-order chi connectivity index (χ0) is 15.0. The predicted molar refractivity (Wildman–Crippen MR) is 84.1 cm³/mol. The van der Waals surface area contributed by atoms with E-state index < -0.39 is 0 Å². The van der Waals surface area contributed by atoms with Crippen LogP contribution < -0.4 is 11.5 Å². The Morgan fingerprint density at radius 1 is 0.800 bits per heavy atom. The molecule has 0 atom stereocenters. The quantitative estimate of drug-likeness (QED) is 0.648. The molecule has 2 aromatic carbocycles. The minimum atomic E-state index is 0.0196. The average Bonchev–Trinajstić information content (AvgIpc) is 2.44. The van der Waals surface area contributed by atoms with Gasteiger partial charge in [0.15, 0.2) is 5.78 Å². The molecule has 3 nitrogen and oxygen atoms in total. The minimum absolute atomic E-state index is 0.0196. The number of carbonyl (C=O) groups is 1. The van der Waals surface area contributed by atoms with Crippen LogP contribution in [0.4, 0.5) is 11.4 Å². The second-order valence-corrected chi connectivity index (χ2v) is 5.24. The van der Waals surface area contributed by atoms with Crippen LogP contribution in [0.25, 0.3) is 0 Å². The number of anilines is 2. The maximum Gasteiger partial charge on any atom is 0.193 e. The molecule has 2 aromatic rings. The largest absolute Gasteiger partial charge is 0.399 e. The van der Waals surface area contributed by atoms with Crippen molar-refractivity contribution < 1.29 is 4.79 Å². The summed E-state index contributed by atoms with van der Waals surface area (Å²) >= 11 is 0. The first-order chi connectivity index (χ1) is 9.34. The molecule has 0 saturated heterocycles. The van der Waals surface area contributed by atoms with Gasteiger partial charge >= 0.3 is 0 Å². The molecule has 0 amide bonds. The fraction of sp³-hybridized carbons (Fsp3) is 0.235. The number of nitrogens with two attached hydrogens (primary N) is 2. The van der Waals surface area contributed by atoms with Crippen LogP contribution in [0.15, 0.2) is 24.3 Å². The molecule has 0 aliphatic rings. The third kappa shape index (κ3) is 2.16. The maximum absolute atomic E-state index is 12.7.